The Balaban J connectivity index is 5.46. The molecule has 0 heterocycles. The third-order valence-corrected chi connectivity index (χ3v) is 4.53. The normalized spacial score (nSPS) is 15.2. The highest BCUT2D eigenvalue weighted by Crippen LogP contribution is 2.04. The van der Waals surface area contributed by atoms with Gasteiger partial charge in [0.25, 0.3) is 0 Å². The molecular weight excluding hydrogens is 462 g/mol. The molecule has 15 nitrogen and oxygen atoms in total. The Morgan fingerprint density at radius 1 is 0.970 bits per heavy atom. The van der Waals surface area contributed by atoms with E-state index in [9.17, 15) is 29.1 Å². The number of nitrogens with zero attached hydrogens (tertiary/aromatic N) is 1. The van der Waals surface area contributed by atoms with Crippen molar-refractivity contribution in [2.24, 2.45) is 22.2 Å². The molecule has 0 bridgehead atoms. The number of thiol groups is 1. The van der Waals surface area contributed by atoms with Crippen LogP contribution in [0.25, 0.3) is 0 Å². The summed E-state index contributed by atoms with van der Waals surface area (Å²) in [5.74, 6) is -5.93. The van der Waals surface area contributed by atoms with Crippen molar-refractivity contribution in [1.29, 1.82) is 0 Å². The minimum atomic E-state index is -1.58. The highest BCUT2D eigenvalue weighted by molar-refractivity contribution is 7.80. The van der Waals surface area contributed by atoms with E-state index in [0.29, 0.717) is 0 Å². The molecule has 0 saturated heterocycles. The number of carbonyl (C=O) groups excluding carboxylic acids is 3. The number of carboxylic acid groups (broad SMARTS) is 2. The number of hydrogen-bond acceptors (Lipinski definition) is 9. The van der Waals surface area contributed by atoms with Crippen molar-refractivity contribution in [1.82, 2.24) is 16.0 Å². The van der Waals surface area contributed by atoms with Gasteiger partial charge in [-0.2, -0.15) is 12.6 Å². The lowest BCUT2D eigenvalue weighted by molar-refractivity contribution is -0.141. The van der Waals surface area contributed by atoms with Crippen LogP contribution in [0.4, 0.5) is 0 Å². The second-order valence-corrected chi connectivity index (χ2v) is 7.39. The number of carbonyl (C=O) groups is 5. The van der Waals surface area contributed by atoms with Crippen molar-refractivity contribution in [3.05, 3.63) is 0 Å². The predicted octanol–water partition coefficient (Wildman–Crippen LogP) is -4.31. The quantitative estimate of drug-likeness (QED) is 0.0451. The molecule has 5 unspecified atom stereocenters. The van der Waals surface area contributed by atoms with E-state index in [1.807, 2.05) is 0 Å². The zero-order valence-electron chi connectivity index (χ0n) is 17.9. The molecule has 0 rings (SSSR count). The fraction of sp³-hybridized carbons (Fsp3) is 0.647. The summed E-state index contributed by atoms with van der Waals surface area (Å²) in [6.45, 7) is 1.29. The van der Waals surface area contributed by atoms with Gasteiger partial charge in [0.15, 0.2) is 5.96 Å². The van der Waals surface area contributed by atoms with Crippen LogP contribution >= 0.6 is 12.6 Å². The zero-order valence-corrected chi connectivity index (χ0v) is 18.8. The number of carboxylic acids is 2. The first kappa shape index (κ1) is 29.9. The summed E-state index contributed by atoms with van der Waals surface area (Å²) in [6.07, 6.45) is -1.97. The maximum Gasteiger partial charge on any atom is 0.327 e. The number of hydrogen-bond donors (Lipinski definition) is 10. The summed E-state index contributed by atoms with van der Waals surface area (Å²) in [7, 11) is 0. The third kappa shape index (κ3) is 11.9. The first-order valence-corrected chi connectivity index (χ1v) is 10.4. The van der Waals surface area contributed by atoms with Crippen LogP contribution in [0.15, 0.2) is 4.99 Å². The number of rotatable bonds is 15. The molecule has 5 atom stereocenters. The molecule has 3 amide bonds. The lowest BCUT2D eigenvalue weighted by Crippen LogP contribution is -2.60. The minimum Gasteiger partial charge on any atom is -0.481 e. The van der Waals surface area contributed by atoms with Crippen LogP contribution in [-0.4, -0.2) is 93.5 Å². The van der Waals surface area contributed by atoms with Crippen LogP contribution in [0.1, 0.15) is 26.2 Å². The van der Waals surface area contributed by atoms with Crippen molar-refractivity contribution in [2.75, 3.05) is 12.3 Å². The fourth-order valence-electron chi connectivity index (χ4n) is 2.44. The Hall–Kier alpha value is -3.11. The fourth-order valence-corrected chi connectivity index (χ4v) is 2.69. The van der Waals surface area contributed by atoms with Gasteiger partial charge in [-0.3, -0.25) is 24.2 Å². The van der Waals surface area contributed by atoms with E-state index in [4.69, 9.17) is 27.4 Å². The molecule has 0 fully saturated rings. The zero-order chi connectivity index (χ0) is 25.7. The molecule has 0 aliphatic rings. The maximum atomic E-state index is 12.7. The van der Waals surface area contributed by atoms with Gasteiger partial charge in [-0.05, 0) is 19.8 Å². The number of aliphatic hydroxyl groups is 1. The Morgan fingerprint density at radius 3 is 2.00 bits per heavy atom. The second-order valence-electron chi connectivity index (χ2n) is 7.02. The molecule has 0 aromatic carbocycles. The highest BCUT2D eigenvalue weighted by Gasteiger charge is 2.32. The summed E-state index contributed by atoms with van der Waals surface area (Å²) in [5.41, 5.74) is 15.9. The van der Waals surface area contributed by atoms with Crippen LogP contribution in [0, 0.1) is 0 Å². The SMILES string of the molecule is CC(O)C(NC(=O)C(N)CC(=O)O)C(=O)NC(CCCN=C(N)N)C(=O)NC(CS)C(=O)O. The average Bonchev–Trinajstić information content (AvgIpc) is 2.70. The number of aliphatic hydroxyl groups excluding tert-OH is 1. The monoisotopic (exact) mass is 493 g/mol. The summed E-state index contributed by atoms with van der Waals surface area (Å²) in [5, 5.41) is 34.4. The number of nitrogens with one attached hydrogen (secondary N) is 3. The molecule has 0 radical (unpaired) electrons. The predicted molar refractivity (Wildman–Crippen MR) is 119 cm³/mol. The highest BCUT2D eigenvalue weighted by atomic mass is 32.1. The first-order chi connectivity index (χ1) is 15.3. The summed E-state index contributed by atoms with van der Waals surface area (Å²) < 4.78 is 0. The van der Waals surface area contributed by atoms with Crippen molar-refractivity contribution < 1.29 is 39.3 Å². The van der Waals surface area contributed by atoms with Crippen LogP contribution < -0.4 is 33.2 Å². The molecule has 12 N–H and O–H groups in total. The Morgan fingerprint density at radius 2 is 1.55 bits per heavy atom. The third-order valence-electron chi connectivity index (χ3n) is 4.17. The topological polar surface area (TPSA) is 273 Å². The van der Waals surface area contributed by atoms with Gasteiger partial charge >= 0.3 is 11.9 Å². The van der Waals surface area contributed by atoms with Crippen LogP contribution in [-0.2, 0) is 24.0 Å². The standard InChI is InChI=1S/C17H31N7O8S/c1-7(25)12(24-13(28)8(18)5-11(26)27)15(30)22-9(3-2-4-21-17(19)20)14(29)23-10(6-33)16(31)32/h7-10,12,25,33H,2-6,18H2,1H3,(H,22,30)(H,23,29)(H,24,28)(H,26,27)(H,31,32)(H4,19,20,21). The van der Waals surface area contributed by atoms with Crippen molar-refractivity contribution in [3.63, 3.8) is 0 Å². The minimum absolute atomic E-state index is 0.0216. The molecule has 16 heteroatoms. The summed E-state index contributed by atoms with van der Waals surface area (Å²) in [6, 6.07) is -5.68. The van der Waals surface area contributed by atoms with E-state index in [1.165, 1.54) is 6.92 Å². The molecule has 188 valence electrons. The number of aliphatic carboxylic acids is 2. The lowest BCUT2D eigenvalue weighted by atomic mass is 10.1. The number of nitrogens with two attached hydrogens (primary N) is 3. The average molecular weight is 494 g/mol. The Kier molecular flexibility index (Phi) is 13.5. The molecule has 0 spiro atoms. The van der Waals surface area contributed by atoms with Crippen molar-refractivity contribution in [3.8, 4) is 0 Å². The van der Waals surface area contributed by atoms with E-state index < -0.39 is 66.4 Å². The van der Waals surface area contributed by atoms with Gasteiger partial charge in [-0.1, -0.05) is 0 Å². The maximum absolute atomic E-state index is 12.7. The van der Waals surface area contributed by atoms with Gasteiger partial charge in [0, 0.05) is 12.3 Å². The van der Waals surface area contributed by atoms with E-state index in [-0.39, 0.29) is 31.1 Å². The number of aliphatic imine (C=N–C) groups is 1. The van der Waals surface area contributed by atoms with Gasteiger partial charge in [0.1, 0.15) is 18.1 Å². The summed E-state index contributed by atoms with van der Waals surface area (Å²) >= 11 is 3.85. The molecule has 0 aliphatic heterocycles. The first-order valence-electron chi connectivity index (χ1n) is 9.75. The van der Waals surface area contributed by atoms with Gasteiger partial charge in [-0.15, -0.1) is 0 Å². The smallest absolute Gasteiger partial charge is 0.327 e. The molecule has 0 aromatic heterocycles. The van der Waals surface area contributed by atoms with Gasteiger partial charge in [0.05, 0.1) is 18.6 Å². The van der Waals surface area contributed by atoms with E-state index in [0.717, 1.165) is 0 Å². The second kappa shape index (κ2) is 14.9. The number of guanidine groups is 1. The molecule has 0 aromatic rings. The van der Waals surface area contributed by atoms with Gasteiger partial charge in [0.2, 0.25) is 17.7 Å². The van der Waals surface area contributed by atoms with E-state index in [1.54, 1.807) is 0 Å². The largest absolute Gasteiger partial charge is 0.481 e. The van der Waals surface area contributed by atoms with Gasteiger partial charge in [-0.25, -0.2) is 4.79 Å². The molecular formula is C17H31N7O8S. The van der Waals surface area contributed by atoms with E-state index >= 15 is 0 Å². The van der Waals surface area contributed by atoms with Crippen molar-refractivity contribution in [2.45, 2.75) is 56.5 Å². The number of amides is 3. The van der Waals surface area contributed by atoms with Crippen LogP contribution in [0.2, 0.25) is 0 Å². The van der Waals surface area contributed by atoms with Crippen LogP contribution in [0.3, 0.4) is 0 Å². The van der Waals surface area contributed by atoms with E-state index in [2.05, 4.69) is 33.6 Å². The van der Waals surface area contributed by atoms with Gasteiger partial charge < -0.3 is 48.5 Å². The molecule has 33 heavy (non-hydrogen) atoms. The Labute approximate surface area is 194 Å². The van der Waals surface area contributed by atoms with Crippen molar-refractivity contribution >= 4 is 48.2 Å². The Bertz CT molecular complexity index is 745. The summed E-state index contributed by atoms with van der Waals surface area (Å²) in [4.78, 5) is 63.0. The molecule has 0 saturated carbocycles. The van der Waals surface area contributed by atoms with Crippen LogP contribution in [0.5, 0.6) is 0 Å². The molecule has 0 aliphatic carbocycles. The lowest BCUT2D eigenvalue weighted by Gasteiger charge is -2.26.